The molecule has 1 fully saturated rings. The van der Waals surface area contributed by atoms with Gasteiger partial charge in [-0.05, 0) is 37.1 Å². The van der Waals surface area contributed by atoms with Crippen LogP contribution in [0.25, 0.3) is 0 Å². The van der Waals surface area contributed by atoms with Crippen LogP contribution in [0.3, 0.4) is 0 Å². The van der Waals surface area contributed by atoms with E-state index < -0.39 is 11.8 Å². The Morgan fingerprint density at radius 2 is 2.00 bits per heavy atom. The minimum atomic E-state index is -0.609. The third-order valence-corrected chi connectivity index (χ3v) is 4.32. The number of ether oxygens (including phenoxy) is 2. The van der Waals surface area contributed by atoms with Crippen LogP contribution in [-0.4, -0.2) is 42.9 Å². The molecule has 1 aromatic rings. The van der Waals surface area contributed by atoms with E-state index in [4.69, 9.17) is 15.2 Å². The Bertz CT molecular complexity index is 520. The number of carbonyl (C=O) groups excluding carboxylic acids is 1. The highest BCUT2D eigenvalue weighted by molar-refractivity contribution is 5.61. The van der Waals surface area contributed by atoms with Crippen LogP contribution in [0, 0.1) is 0 Å². The van der Waals surface area contributed by atoms with Crippen LogP contribution in [0.15, 0.2) is 36.9 Å². The SMILES string of the molecule is C=CC1(OC(=O)OCC)CCN(CCc2ccc(N)cc2)CC1. The zero-order valence-electron chi connectivity index (χ0n) is 13.8. The number of nitrogen functional groups attached to an aromatic ring is 1. The van der Waals surface area contributed by atoms with Crippen LogP contribution in [-0.2, 0) is 15.9 Å². The van der Waals surface area contributed by atoms with E-state index in [2.05, 4.69) is 23.6 Å². The Labute approximate surface area is 138 Å². The van der Waals surface area contributed by atoms with E-state index >= 15 is 0 Å². The van der Waals surface area contributed by atoms with E-state index in [-0.39, 0.29) is 0 Å². The smallest absolute Gasteiger partial charge is 0.435 e. The number of rotatable bonds is 6. The summed E-state index contributed by atoms with van der Waals surface area (Å²) in [5.74, 6) is 0. The van der Waals surface area contributed by atoms with Crippen molar-refractivity contribution in [3.8, 4) is 0 Å². The molecule has 0 amide bonds. The van der Waals surface area contributed by atoms with Crippen LogP contribution in [0.5, 0.6) is 0 Å². The zero-order chi connectivity index (χ0) is 16.7. The van der Waals surface area contributed by atoms with Crippen molar-refractivity contribution in [3.05, 3.63) is 42.5 Å². The van der Waals surface area contributed by atoms with E-state index in [1.165, 1.54) is 5.56 Å². The van der Waals surface area contributed by atoms with Gasteiger partial charge in [-0.15, -0.1) is 0 Å². The predicted molar refractivity (Wildman–Crippen MR) is 91.3 cm³/mol. The monoisotopic (exact) mass is 318 g/mol. The number of benzene rings is 1. The van der Waals surface area contributed by atoms with Gasteiger partial charge in [0.2, 0.25) is 0 Å². The maximum Gasteiger partial charge on any atom is 0.509 e. The summed E-state index contributed by atoms with van der Waals surface area (Å²) in [7, 11) is 0. The molecule has 126 valence electrons. The molecule has 0 unspecified atom stereocenters. The average Bonchev–Trinajstić information content (AvgIpc) is 2.56. The van der Waals surface area contributed by atoms with Crippen molar-refractivity contribution in [3.63, 3.8) is 0 Å². The molecule has 5 heteroatoms. The molecule has 0 radical (unpaired) electrons. The van der Waals surface area contributed by atoms with E-state index in [0.29, 0.717) is 6.61 Å². The molecule has 1 aliphatic heterocycles. The van der Waals surface area contributed by atoms with Crippen molar-refractivity contribution in [2.24, 2.45) is 0 Å². The molecule has 0 spiro atoms. The van der Waals surface area contributed by atoms with Gasteiger partial charge >= 0.3 is 6.16 Å². The summed E-state index contributed by atoms with van der Waals surface area (Å²) >= 11 is 0. The molecule has 2 rings (SSSR count). The molecule has 5 nitrogen and oxygen atoms in total. The highest BCUT2D eigenvalue weighted by Gasteiger charge is 2.35. The van der Waals surface area contributed by atoms with E-state index in [0.717, 1.165) is 44.6 Å². The lowest BCUT2D eigenvalue weighted by Crippen LogP contribution is -2.46. The Morgan fingerprint density at radius 3 is 2.57 bits per heavy atom. The molecule has 0 atom stereocenters. The van der Waals surface area contributed by atoms with Crippen molar-refractivity contribution < 1.29 is 14.3 Å². The number of anilines is 1. The lowest BCUT2D eigenvalue weighted by Gasteiger charge is -2.38. The molecule has 0 aromatic heterocycles. The summed E-state index contributed by atoms with van der Waals surface area (Å²) in [4.78, 5) is 14.0. The molecular formula is C18H26N2O3. The molecule has 1 aromatic carbocycles. The van der Waals surface area contributed by atoms with Crippen molar-refractivity contribution in [2.45, 2.75) is 31.8 Å². The van der Waals surface area contributed by atoms with Gasteiger partial charge in [-0.2, -0.15) is 0 Å². The van der Waals surface area contributed by atoms with Gasteiger partial charge < -0.3 is 20.1 Å². The number of hydrogen-bond donors (Lipinski definition) is 1. The fourth-order valence-electron chi connectivity index (χ4n) is 2.79. The lowest BCUT2D eigenvalue weighted by molar-refractivity contribution is -0.0383. The van der Waals surface area contributed by atoms with Crippen LogP contribution in [0.2, 0.25) is 0 Å². The zero-order valence-corrected chi connectivity index (χ0v) is 13.8. The maximum absolute atomic E-state index is 11.6. The standard InChI is InChI=1S/C18H26N2O3/c1-3-18(23-17(21)22-4-2)10-13-20(14-11-18)12-9-15-5-7-16(19)8-6-15/h3,5-8H,1,4,9-14,19H2,2H3. The molecular weight excluding hydrogens is 292 g/mol. The minimum absolute atomic E-state index is 0.319. The first kappa shape index (κ1) is 17.3. The Morgan fingerprint density at radius 1 is 1.35 bits per heavy atom. The molecule has 1 aliphatic rings. The van der Waals surface area contributed by atoms with Gasteiger partial charge in [-0.3, -0.25) is 0 Å². The van der Waals surface area contributed by atoms with E-state index in [1.54, 1.807) is 13.0 Å². The van der Waals surface area contributed by atoms with Crippen molar-refractivity contribution in [1.82, 2.24) is 4.90 Å². The number of nitrogens with zero attached hydrogens (tertiary/aromatic N) is 1. The molecule has 1 saturated heterocycles. The Balaban J connectivity index is 1.81. The summed E-state index contributed by atoms with van der Waals surface area (Å²) in [6.07, 6.45) is 3.61. The molecule has 1 heterocycles. The summed E-state index contributed by atoms with van der Waals surface area (Å²) in [5, 5.41) is 0. The summed E-state index contributed by atoms with van der Waals surface area (Å²) in [6.45, 7) is 8.65. The summed E-state index contributed by atoms with van der Waals surface area (Å²) < 4.78 is 10.4. The predicted octanol–water partition coefficient (Wildman–Crippen LogP) is 3.01. The maximum atomic E-state index is 11.6. The first-order valence-electron chi connectivity index (χ1n) is 8.13. The lowest BCUT2D eigenvalue weighted by atomic mass is 9.91. The van der Waals surface area contributed by atoms with Crippen LogP contribution < -0.4 is 5.73 Å². The van der Waals surface area contributed by atoms with Crippen molar-refractivity contribution >= 4 is 11.8 Å². The van der Waals surface area contributed by atoms with Gasteiger partial charge in [0, 0.05) is 38.2 Å². The van der Waals surface area contributed by atoms with Crippen LogP contribution in [0.4, 0.5) is 10.5 Å². The first-order valence-corrected chi connectivity index (χ1v) is 8.13. The molecule has 0 saturated carbocycles. The number of hydrogen-bond acceptors (Lipinski definition) is 5. The second-order valence-corrected chi connectivity index (χ2v) is 5.89. The van der Waals surface area contributed by atoms with E-state index in [1.807, 2.05) is 12.1 Å². The number of likely N-dealkylation sites (tertiary alicyclic amines) is 1. The van der Waals surface area contributed by atoms with Gasteiger partial charge in [0.15, 0.2) is 0 Å². The van der Waals surface area contributed by atoms with Gasteiger partial charge in [-0.1, -0.05) is 18.7 Å². The van der Waals surface area contributed by atoms with Gasteiger partial charge in [0.05, 0.1) is 6.61 Å². The number of nitrogens with two attached hydrogens (primary N) is 1. The van der Waals surface area contributed by atoms with E-state index in [9.17, 15) is 4.79 Å². The van der Waals surface area contributed by atoms with Crippen molar-refractivity contribution in [2.75, 3.05) is 32.0 Å². The van der Waals surface area contributed by atoms with Crippen molar-refractivity contribution in [1.29, 1.82) is 0 Å². The highest BCUT2D eigenvalue weighted by atomic mass is 16.7. The third kappa shape index (κ3) is 4.99. The summed E-state index contributed by atoms with van der Waals surface area (Å²) in [6, 6.07) is 8.00. The normalized spacial score (nSPS) is 17.4. The van der Waals surface area contributed by atoms with Gasteiger partial charge in [-0.25, -0.2) is 4.79 Å². The Kier molecular flexibility index (Phi) is 6.04. The van der Waals surface area contributed by atoms with Crippen LogP contribution >= 0.6 is 0 Å². The number of carbonyl (C=O) groups is 1. The third-order valence-electron chi connectivity index (χ3n) is 4.32. The molecule has 23 heavy (non-hydrogen) atoms. The Hall–Kier alpha value is -2.01. The average molecular weight is 318 g/mol. The second kappa shape index (κ2) is 8.02. The quantitative estimate of drug-likeness (QED) is 0.496. The molecule has 2 N–H and O–H groups in total. The highest BCUT2D eigenvalue weighted by Crippen LogP contribution is 2.28. The van der Waals surface area contributed by atoms with Gasteiger partial charge in [0.1, 0.15) is 5.60 Å². The largest absolute Gasteiger partial charge is 0.509 e. The first-order chi connectivity index (χ1) is 11.1. The van der Waals surface area contributed by atoms with Crippen LogP contribution in [0.1, 0.15) is 25.3 Å². The minimum Gasteiger partial charge on any atom is -0.435 e. The number of piperidine rings is 1. The molecule has 0 aliphatic carbocycles. The second-order valence-electron chi connectivity index (χ2n) is 5.89. The summed E-state index contributed by atoms with van der Waals surface area (Å²) in [5.41, 5.74) is 7.18. The van der Waals surface area contributed by atoms with Gasteiger partial charge in [0.25, 0.3) is 0 Å². The fraction of sp³-hybridized carbons (Fsp3) is 0.500. The molecule has 0 bridgehead atoms. The topological polar surface area (TPSA) is 64.8 Å². The fourth-order valence-corrected chi connectivity index (χ4v) is 2.79.